The Kier molecular flexibility index (Phi) is 5.22. The van der Waals surface area contributed by atoms with Crippen LogP contribution in [0, 0.1) is 23.2 Å². The van der Waals surface area contributed by atoms with Gasteiger partial charge in [-0.15, -0.1) is 0 Å². The second kappa shape index (κ2) is 6.02. The molecule has 2 atom stereocenters. The zero-order valence-electron chi connectivity index (χ0n) is 12.4. The zero-order chi connectivity index (χ0) is 13.1. The molecule has 1 nitrogen and oxygen atoms in total. The monoisotopic (exact) mass is 238 g/mol. The molecule has 0 aromatic rings. The summed E-state index contributed by atoms with van der Waals surface area (Å²) in [7, 11) is 0. The van der Waals surface area contributed by atoms with E-state index in [2.05, 4.69) is 34.6 Å². The third kappa shape index (κ3) is 3.82. The van der Waals surface area contributed by atoms with Crippen LogP contribution in [0.1, 0.15) is 73.1 Å². The van der Waals surface area contributed by atoms with E-state index in [0.29, 0.717) is 23.0 Å². The summed E-state index contributed by atoms with van der Waals surface area (Å²) in [5, 5.41) is 0. The first-order chi connectivity index (χ1) is 7.90. The summed E-state index contributed by atoms with van der Waals surface area (Å²) in [4.78, 5) is 12.4. The first kappa shape index (κ1) is 14.7. The van der Waals surface area contributed by atoms with Gasteiger partial charge in [0.2, 0.25) is 0 Å². The Bertz CT molecular complexity index is 231. The van der Waals surface area contributed by atoms with Crippen molar-refractivity contribution in [1.82, 2.24) is 0 Å². The van der Waals surface area contributed by atoms with Crippen molar-refractivity contribution in [1.29, 1.82) is 0 Å². The fraction of sp³-hybridized carbons (Fsp3) is 0.938. The second-order valence-corrected chi connectivity index (χ2v) is 6.91. The predicted octanol–water partition coefficient (Wildman–Crippen LogP) is 4.84. The SMILES string of the molecule is CCCC1CC(C(C)(C)C)CC(CCC)C1=O. The first-order valence-electron chi connectivity index (χ1n) is 7.43. The van der Waals surface area contributed by atoms with Crippen LogP contribution >= 0.6 is 0 Å². The van der Waals surface area contributed by atoms with E-state index in [0.717, 1.165) is 44.4 Å². The smallest absolute Gasteiger partial charge is 0.139 e. The minimum absolute atomic E-state index is 0.356. The van der Waals surface area contributed by atoms with Crippen molar-refractivity contribution in [3.8, 4) is 0 Å². The van der Waals surface area contributed by atoms with Crippen LogP contribution in [0.25, 0.3) is 0 Å². The molecule has 0 aromatic carbocycles. The van der Waals surface area contributed by atoms with E-state index in [1.54, 1.807) is 0 Å². The van der Waals surface area contributed by atoms with Gasteiger partial charge in [0.05, 0.1) is 0 Å². The van der Waals surface area contributed by atoms with Crippen LogP contribution in [0.4, 0.5) is 0 Å². The third-order valence-corrected chi connectivity index (χ3v) is 4.44. The third-order valence-electron chi connectivity index (χ3n) is 4.44. The molecule has 1 rings (SSSR count). The molecule has 2 unspecified atom stereocenters. The number of carbonyl (C=O) groups excluding carboxylic acids is 1. The molecule has 1 aliphatic rings. The molecule has 1 saturated carbocycles. The van der Waals surface area contributed by atoms with E-state index in [9.17, 15) is 4.79 Å². The van der Waals surface area contributed by atoms with Crippen molar-refractivity contribution in [3.63, 3.8) is 0 Å². The summed E-state index contributed by atoms with van der Waals surface area (Å²) in [6.45, 7) is 11.4. The first-order valence-corrected chi connectivity index (χ1v) is 7.43. The van der Waals surface area contributed by atoms with Crippen LogP contribution < -0.4 is 0 Å². The summed E-state index contributed by atoms with van der Waals surface area (Å²) in [5.41, 5.74) is 0.360. The lowest BCUT2D eigenvalue weighted by molar-refractivity contribution is -0.132. The van der Waals surface area contributed by atoms with Crippen LogP contribution in [0.5, 0.6) is 0 Å². The molecule has 17 heavy (non-hydrogen) atoms. The summed E-state index contributed by atoms with van der Waals surface area (Å²) in [5.74, 6) is 2.02. The summed E-state index contributed by atoms with van der Waals surface area (Å²) >= 11 is 0. The van der Waals surface area contributed by atoms with Crippen LogP contribution in [0.2, 0.25) is 0 Å². The van der Waals surface area contributed by atoms with E-state index >= 15 is 0 Å². The Balaban J connectivity index is 2.77. The van der Waals surface area contributed by atoms with Gasteiger partial charge in [0, 0.05) is 11.8 Å². The highest BCUT2D eigenvalue weighted by molar-refractivity contribution is 5.84. The van der Waals surface area contributed by atoms with E-state index in [1.165, 1.54) is 0 Å². The van der Waals surface area contributed by atoms with Gasteiger partial charge in [-0.05, 0) is 37.0 Å². The van der Waals surface area contributed by atoms with Gasteiger partial charge in [-0.3, -0.25) is 4.79 Å². The molecule has 0 radical (unpaired) electrons. The maximum absolute atomic E-state index is 12.4. The minimum atomic E-state index is 0.356. The van der Waals surface area contributed by atoms with Crippen molar-refractivity contribution in [3.05, 3.63) is 0 Å². The van der Waals surface area contributed by atoms with Gasteiger partial charge in [0.1, 0.15) is 5.78 Å². The lowest BCUT2D eigenvalue weighted by Crippen LogP contribution is -2.38. The maximum Gasteiger partial charge on any atom is 0.139 e. The minimum Gasteiger partial charge on any atom is -0.299 e. The number of hydrogen-bond donors (Lipinski definition) is 0. The molecular formula is C16H30O. The lowest BCUT2D eigenvalue weighted by Gasteiger charge is -2.40. The normalized spacial score (nSPS) is 30.6. The topological polar surface area (TPSA) is 17.1 Å². The van der Waals surface area contributed by atoms with Gasteiger partial charge in [-0.1, -0.05) is 47.5 Å². The lowest BCUT2D eigenvalue weighted by atomic mass is 9.63. The number of ketones is 1. The van der Waals surface area contributed by atoms with Gasteiger partial charge >= 0.3 is 0 Å². The Morgan fingerprint density at radius 1 is 1.00 bits per heavy atom. The van der Waals surface area contributed by atoms with Gasteiger partial charge < -0.3 is 0 Å². The van der Waals surface area contributed by atoms with Crippen LogP contribution in [-0.4, -0.2) is 5.78 Å². The van der Waals surface area contributed by atoms with Crippen molar-refractivity contribution in [2.75, 3.05) is 0 Å². The van der Waals surface area contributed by atoms with Crippen molar-refractivity contribution in [2.45, 2.75) is 73.1 Å². The van der Waals surface area contributed by atoms with E-state index < -0.39 is 0 Å². The molecule has 1 aliphatic carbocycles. The zero-order valence-corrected chi connectivity index (χ0v) is 12.4. The molecule has 0 aliphatic heterocycles. The molecule has 0 heterocycles. The standard InChI is InChI=1S/C16H30O/c1-6-8-12-10-14(16(3,4)5)11-13(9-7-2)15(12)17/h12-14H,6-11H2,1-5H3. The molecule has 0 N–H and O–H groups in total. The van der Waals surface area contributed by atoms with E-state index in [1.807, 2.05) is 0 Å². The largest absolute Gasteiger partial charge is 0.299 e. The van der Waals surface area contributed by atoms with E-state index in [4.69, 9.17) is 0 Å². The number of carbonyl (C=O) groups is 1. The Hall–Kier alpha value is -0.330. The molecule has 0 spiro atoms. The molecule has 0 saturated heterocycles. The average Bonchev–Trinajstić information content (AvgIpc) is 2.22. The van der Waals surface area contributed by atoms with Gasteiger partial charge in [-0.2, -0.15) is 0 Å². The van der Waals surface area contributed by atoms with Crippen molar-refractivity contribution >= 4 is 5.78 Å². The van der Waals surface area contributed by atoms with Gasteiger partial charge in [0.25, 0.3) is 0 Å². The van der Waals surface area contributed by atoms with Crippen LogP contribution in [-0.2, 0) is 4.79 Å². The fourth-order valence-corrected chi connectivity index (χ4v) is 3.27. The Morgan fingerprint density at radius 3 is 1.71 bits per heavy atom. The quantitative estimate of drug-likeness (QED) is 0.684. The molecular weight excluding hydrogens is 208 g/mol. The number of hydrogen-bond acceptors (Lipinski definition) is 1. The van der Waals surface area contributed by atoms with Crippen LogP contribution in [0.3, 0.4) is 0 Å². The Morgan fingerprint density at radius 2 is 1.41 bits per heavy atom. The fourth-order valence-electron chi connectivity index (χ4n) is 3.27. The molecule has 1 heteroatoms. The highest BCUT2D eigenvalue weighted by Crippen LogP contribution is 2.43. The predicted molar refractivity (Wildman–Crippen MR) is 74.0 cm³/mol. The van der Waals surface area contributed by atoms with Gasteiger partial charge in [0.15, 0.2) is 0 Å². The van der Waals surface area contributed by atoms with Crippen molar-refractivity contribution in [2.24, 2.45) is 23.2 Å². The summed E-state index contributed by atoms with van der Waals surface area (Å²) in [6.07, 6.45) is 6.77. The number of rotatable bonds is 4. The van der Waals surface area contributed by atoms with E-state index in [-0.39, 0.29) is 0 Å². The van der Waals surface area contributed by atoms with Crippen molar-refractivity contribution < 1.29 is 4.79 Å². The maximum atomic E-state index is 12.4. The molecule has 0 bridgehead atoms. The highest BCUT2D eigenvalue weighted by atomic mass is 16.1. The number of Topliss-reactive ketones (excluding diaryl/α,β-unsaturated/α-hetero) is 1. The van der Waals surface area contributed by atoms with Gasteiger partial charge in [-0.25, -0.2) is 0 Å². The second-order valence-electron chi connectivity index (χ2n) is 6.91. The highest BCUT2D eigenvalue weighted by Gasteiger charge is 2.39. The summed E-state index contributed by atoms with van der Waals surface area (Å²) < 4.78 is 0. The average molecular weight is 238 g/mol. The van der Waals surface area contributed by atoms with Crippen LogP contribution in [0.15, 0.2) is 0 Å². The Labute approximate surface area is 107 Å². The molecule has 0 aromatic heterocycles. The molecule has 1 fully saturated rings. The molecule has 100 valence electrons. The summed E-state index contributed by atoms with van der Waals surface area (Å²) in [6, 6.07) is 0. The molecule has 0 amide bonds.